The predicted octanol–water partition coefficient (Wildman–Crippen LogP) is 6.47. The van der Waals surface area contributed by atoms with Gasteiger partial charge in [0.25, 0.3) is 5.56 Å². The van der Waals surface area contributed by atoms with Crippen molar-refractivity contribution < 1.29 is 48.3 Å². The van der Waals surface area contributed by atoms with E-state index in [0.29, 0.717) is 70.1 Å². The van der Waals surface area contributed by atoms with Gasteiger partial charge in [-0.3, -0.25) is 19.2 Å². The summed E-state index contributed by atoms with van der Waals surface area (Å²) in [5.74, 6) is -2.65. The molecule has 14 heteroatoms. The van der Waals surface area contributed by atoms with Crippen LogP contribution >= 0.6 is 0 Å². The van der Waals surface area contributed by atoms with E-state index in [1.807, 2.05) is 19.9 Å². The van der Waals surface area contributed by atoms with Crippen LogP contribution in [0.25, 0.3) is 6.08 Å². The molecule has 2 bridgehead atoms. The maximum Gasteiger partial charge on any atom is 0.342 e. The number of nitrogens with one attached hydrogen (secondary N) is 1. The summed E-state index contributed by atoms with van der Waals surface area (Å²) in [6.45, 7) is 7.04. The fourth-order valence-corrected chi connectivity index (χ4v) is 9.14. The third-order valence-electron chi connectivity index (χ3n) is 12.0. The third-order valence-corrected chi connectivity index (χ3v) is 12.0. The lowest BCUT2D eigenvalue weighted by molar-refractivity contribution is -0.139. The Morgan fingerprint density at radius 2 is 1.67 bits per heavy atom. The number of carbonyl (C=O) groups is 4. The van der Waals surface area contributed by atoms with Crippen LogP contribution in [0.4, 0.5) is 0 Å². The second-order valence-corrected chi connectivity index (χ2v) is 17.0. The number of methoxy groups -OCH3 is 3. The summed E-state index contributed by atoms with van der Waals surface area (Å²) in [5.41, 5.74) is 1.14. The molecule has 2 amide bonds. The number of hydrogen-bond donors (Lipinski definition) is 3. The number of phenolic OH excluding ortho intramolecular Hbond substituents is 2. The number of rotatable bonds is 11. The molecule has 14 nitrogen and oxygen atoms in total. The fourth-order valence-electron chi connectivity index (χ4n) is 9.14. The van der Waals surface area contributed by atoms with Crippen LogP contribution in [0.1, 0.15) is 123 Å². The van der Waals surface area contributed by atoms with Crippen molar-refractivity contribution in [3.8, 4) is 28.7 Å². The molecule has 0 radical (unpaired) electrons. The number of allylic oxidation sites excluding steroid dienone is 1. The highest BCUT2D eigenvalue weighted by Gasteiger charge is 2.39. The molecule has 0 spiro atoms. The van der Waals surface area contributed by atoms with Gasteiger partial charge in [-0.2, -0.15) is 0 Å². The largest absolute Gasteiger partial charge is 0.507 e. The number of ketones is 1. The molecule has 1 aromatic heterocycles. The number of pyridine rings is 1. The van der Waals surface area contributed by atoms with E-state index < -0.39 is 41.4 Å². The zero-order chi connectivity index (χ0) is 44.0. The first kappa shape index (κ1) is 44.8. The molecule has 61 heavy (non-hydrogen) atoms. The second-order valence-electron chi connectivity index (χ2n) is 17.0. The number of hydrogen-bond acceptors (Lipinski definition) is 11. The maximum atomic E-state index is 14.5. The third kappa shape index (κ3) is 10.2. The SMILES string of the molecule is COc1cc(C(CC(=O)NC(CC(C)C)C(=O)N2C[C@H]3C[C@@H](C2)c2cccc(=O)n2C3)c2c(O)cc3c(c2O)C(=O)O[C@@H](C)CCCC(=O)CCCC=C3)cc(OC)c1OC. The average Bonchev–Trinajstić information content (AvgIpc) is 3.21. The van der Waals surface area contributed by atoms with Gasteiger partial charge in [0.1, 0.15) is 28.9 Å². The van der Waals surface area contributed by atoms with Crippen molar-refractivity contribution in [3.05, 3.63) is 80.8 Å². The van der Waals surface area contributed by atoms with Gasteiger partial charge in [-0.25, -0.2) is 4.79 Å². The van der Waals surface area contributed by atoms with Crippen molar-refractivity contribution >= 4 is 29.6 Å². The summed E-state index contributed by atoms with van der Waals surface area (Å²) >= 11 is 0. The van der Waals surface area contributed by atoms with Crippen molar-refractivity contribution in [1.82, 2.24) is 14.8 Å². The minimum atomic E-state index is -1.12. The lowest BCUT2D eigenvalue weighted by Crippen LogP contribution is -2.55. The number of benzene rings is 2. The first-order chi connectivity index (χ1) is 29.2. The highest BCUT2D eigenvalue weighted by molar-refractivity contribution is 5.98. The molecule has 6 rings (SSSR count). The zero-order valence-corrected chi connectivity index (χ0v) is 36.0. The molecule has 3 aliphatic heterocycles. The Bertz CT molecular complexity index is 2190. The molecule has 2 unspecified atom stereocenters. The van der Waals surface area contributed by atoms with Crippen LogP contribution in [0.15, 0.2) is 47.3 Å². The summed E-state index contributed by atoms with van der Waals surface area (Å²) in [6, 6.07) is 8.93. The van der Waals surface area contributed by atoms with E-state index in [2.05, 4.69) is 5.32 Å². The van der Waals surface area contributed by atoms with Gasteiger partial charge in [-0.15, -0.1) is 0 Å². The van der Waals surface area contributed by atoms with E-state index >= 15 is 0 Å². The number of carbonyl (C=O) groups excluding carboxylic acids is 4. The van der Waals surface area contributed by atoms with E-state index in [9.17, 15) is 34.2 Å². The number of cyclic esters (lactones) is 1. The number of piperidine rings is 1. The molecular formula is C47H59N3O11. The summed E-state index contributed by atoms with van der Waals surface area (Å²) in [6.07, 6.45) is 6.53. The molecule has 1 saturated heterocycles. The van der Waals surface area contributed by atoms with Crippen molar-refractivity contribution in [2.24, 2.45) is 11.8 Å². The summed E-state index contributed by atoms with van der Waals surface area (Å²) in [5, 5.41) is 27.0. The number of aromatic hydroxyl groups is 2. The Morgan fingerprint density at radius 3 is 2.36 bits per heavy atom. The van der Waals surface area contributed by atoms with Crippen molar-refractivity contribution in [3.63, 3.8) is 0 Å². The van der Waals surface area contributed by atoms with Gasteiger partial charge in [0.15, 0.2) is 11.5 Å². The Morgan fingerprint density at radius 1 is 0.951 bits per heavy atom. The Hall–Kier alpha value is -5.79. The van der Waals surface area contributed by atoms with E-state index in [-0.39, 0.29) is 75.4 Å². The van der Waals surface area contributed by atoms with Gasteiger partial charge in [-0.1, -0.05) is 32.1 Å². The van der Waals surface area contributed by atoms with Crippen molar-refractivity contribution in [2.45, 2.75) is 109 Å². The molecule has 5 atom stereocenters. The number of likely N-dealkylation sites (tertiary alicyclic amines) is 1. The first-order valence-corrected chi connectivity index (χ1v) is 21.3. The molecular weight excluding hydrogens is 783 g/mol. The normalized spacial score (nSPS) is 20.4. The van der Waals surface area contributed by atoms with Gasteiger partial charge >= 0.3 is 5.97 Å². The average molecular weight is 842 g/mol. The quantitative estimate of drug-likeness (QED) is 0.180. The summed E-state index contributed by atoms with van der Waals surface area (Å²) < 4.78 is 24.5. The summed E-state index contributed by atoms with van der Waals surface area (Å²) in [4.78, 5) is 69.7. The van der Waals surface area contributed by atoms with Gasteiger partial charge < -0.3 is 43.9 Å². The fraction of sp³-hybridized carbons (Fsp3) is 0.511. The zero-order valence-electron chi connectivity index (χ0n) is 36.0. The van der Waals surface area contributed by atoms with Crippen LogP contribution in [0.5, 0.6) is 28.7 Å². The van der Waals surface area contributed by atoms with Gasteiger partial charge in [0, 0.05) is 68.1 Å². The van der Waals surface area contributed by atoms with Crippen LogP contribution in [-0.2, 0) is 25.7 Å². The Labute approximate surface area is 356 Å². The van der Waals surface area contributed by atoms with Crippen molar-refractivity contribution in [1.29, 1.82) is 0 Å². The molecule has 2 aromatic carbocycles. The molecule has 3 N–H and O–H groups in total. The molecule has 4 heterocycles. The van der Waals surface area contributed by atoms with E-state index in [0.717, 1.165) is 12.1 Å². The van der Waals surface area contributed by atoms with E-state index in [1.54, 1.807) is 52.8 Å². The topological polar surface area (TPSA) is 183 Å². The number of fused-ring (bicyclic) bond motifs is 5. The lowest BCUT2D eigenvalue weighted by atomic mass is 9.82. The number of Topliss-reactive ketones (excluding diaryl/α,β-unsaturated/α-hetero) is 1. The monoisotopic (exact) mass is 841 g/mol. The molecule has 0 aliphatic carbocycles. The van der Waals surface area contributed by atoms with Gasteiger partial charge in [0.05, 0.1) is 27.4 Å². The van der Waals surface area contributed by atoms with E-state index in [1.165, 1.54) is 27.4 Å². The Kier molecular flexibility index (Phi) is 14.5. The first-order valence-electron chi connectivity index (χ1n) is 21.3. The molecule has 1 fully saturated rings. The molecule has 0 saturated carbocycles. The highest BCUT2D eigenvalue weighted by Crippen LogP contribution is 2.48. The number of amides is 2. The van der Waals surface area contributed by atoms with Crippen LogP contribution in [0.3, 0.4) is 0 Å². The van der Waals surface area contributed by atoms with Gasteiger partial charge in [0.2, 0.25) is 17.6 Å². The minimum Gasteiger partial charge on any atom is -0.507 e. The van der Waals surface area contributed by atoms with Crippen molar-refractivity contribution in [2.75, 3.05) is 34.4 Å². The molecule has 328 valence electrons. The Balaban J connectivity index is 1.38. The highest BCUT2D eigenvalue weighted by atomic mass is 16.5. The smallest absolute Gasteiger partial charge is 0.342 e. The summed E-state index contributed by atoms with van der Waals surface area (Å²) in [7, 11) is 4.34. The van der Waals surface area contributed by atoms with Gasteiger partial charge in [-0.05, 0) is 92.7 Å². The maximum absolute atomic E-state index is 14.5. The predicted molar refractivity (Wildman–Crippen MR) is 228 cm³/mol. The standard InChI is InChI=1S/C47H59N3O11/c1-27(2)18-35(46(56)49-24-29-19-32(26-49)36-16-11-17-41(54)50(36)25-29)48-40(53)23-34(31-21-38(58-4)45(60-6)39(22-31)59-5)43-37(52)20-30-13-8-7-9-14-33(51)15-10-12-28(3)61-47(57)42(30)44(43)55/h8,11,13,16-17,20-22,27-29,32,34-35,52,55H,7,9-10,12,14-15,18-19,23-26H2,1-6H3,(H,48,53)/t28-,29+,32-,34?,35?/m0/s1. The number of phenols is 2. The molecule has 3 aliphatic rings. The number of aromatic nitrogens is 1. The van der Waals surface area contributed by atoms with Crippen LogP contribution in [-0.4, -0.2) is 89.8 Å². The van der Waals surface area contributed by atoms with Crippen LogP contribution in [0.2, 0.25) is 0 Å². The number of ether oxygens (including phenoxy) is 4. The number of esters is 1. The van der Waals surface area contributed by atoms with Crippen LogP contribution in [0, 0.1) is 11.8 Å². The molecule has 3 aromatic rings. The van der Waals surface area contributed by atoms with E-state index in [4.69, 9.17) is 18.9 Å². The lowest BCUT2D eigenvalue weighted by Gasteiger charge is -2.43. The number of nitrogens with zero attached hydrogens (tertiary/aromatic N) is 2. The van der Waals surface area contributed by atoms with Crippen LogP contribution < -0.4 is 25.1 Å². The second kappa shape index (κ2) is 19.7. The minimum absolute atomic E-state index is 0.0150.